The summed E-state index contributed by atoms with van der Waals surface area (Å²) in [5.41, 5.74) is -0.504. The average molecular weight is 398 g/mol. The van der Waals surface area contributed by atoms with Gasteiger partial charge in [0.1, 0.15) is 12.2 Å². The lowest BCUT2D eigenvalue weighted by Crippen LogP contribution is -2.74. The van der Waals surface area contributed by atoms with E-state index in [1.54, 1.807) is 0 Å². The topological polar surface area (TPSA) is 50.9 Å². The Morgan fingerprint density at radius 1 is 1.50 bits per heavy atom. The molecule has 2 fully saturated rings. The summed E-state index contributed by atoms with van der Waals surface area (Å²) in [5, 5.41) is 7.55. The Kier molecular flexibility index (Phi) is 7.37. The highest BCUT2D eigenvalue weighted by Gasteiger charge is 2.50. The molecule has 0 bridgehead atoms. The molecule has 0 aromatic rings. The zero-order valence-corrected chi connectivity index (χ0v) is 17.7. The van der Waals surface area contributed by atoms with Gasteiger partial charge in [0, 0.05) is 32.2 Å². The Balaban J connectivity index is 2.27. The van der Waals surface area contributed by atoms with Gasteiger partial charge in [-0.25, -0.2) is 0 Å². The Bertz CT molecular complexity index is 570. The molecule has 2 N–H and O–H groups in total. The van der Waals surface area contributed by atoms with Crippen molar-refractivity contribution in [1.82, 2.24) is 25.3 Å². The van der Waals surface area contributed by atoms with Crippen LogP contribution in [0.2, 0.25) is 0 Å². The third-order valence-corrected chi connectivity index (χ3v) is 6.18. The normalized spacial score (nSPS) is 26.0. The molecule has 2 saturated heterocycles. The third-order valence-electron chi connectivity index (χ3n) is 5.37. The lowest BCUT2D eigenvalue weighted by molar-refractivity contribution is -0.120. The lowest BCUT2D eigenvalue weighted by Gasteiger charge is -2.55. The Hall–Kier alpha value is -1.25. The second-order valence-corrected chi connectivity index (χ2v) is 7.84. The van der Waals surface area contributed by atoms with Gasteiger partial charge in [0.05, 0.1) is 0 Å². The van der Waals surface area contributed by atoms with Gasteiger partial charge in [0.2, 0.25) is 5.91 Å². The standard InChI is InChI=1S/C18H31N5OS2/c1-5-7-8-11-21(10-6-2)17(26)22-12-9-19-14(3)18(22,4)23-13-15(24)20-16(23)25/h6,14,19H,2,5,7-13H2,1,3-4H3,(H,20,24,25). The van der Waals surface area contributed by atoms with Crippen LogP contribution in [0.4, 0.5) is 0 Å². The smallest absolute Gasteiger partial charge is 0.245 e. The minimum Gasteiger partial charge on any atom is -0.345 e. The molecule has 8 heteroatoms. The fourth-order valence-corrected chi connectivity index (χ4v) is 4.47. The van der Waals surface area contributed by atoms with Crippen LogP contribution in [0.5, 0.6) is 0 Å². The van der Waals surface area contributed by atoms with E-state index >= 15 is 0 Å². The molecule has 1 amide bonds. The third kappa shape index (κ3) is 4.18. The molecule has 2 aliphatic heterocycles. The van der Waals surface area contributed by atoms with E-state index in [-0.39, 0.29) is 18.5 Å². The van der Waals surface area contributed by atoms with E-state index in [1.807, 2.05) is 11.0 Å². The monoisotopic (exact) mass is 397 g/mol. The number of carbonyl (C=O) groups is 1. The molecule has 0 aliphatic carbocycles. The molecule has 0 radical (unpaired) electrons. The number of amides is 1. The van der Waals surface area contributed by atoms with Gasteiger partial charge in [-0.2, -0.15) is 0 Å². The van der Waals surface area contributed by atoms with Crippen LogP contribution in [0, 0.1) is 0 Å². The number of hydrogen-bond donors (Lipinski definition) is 2. The fourth-order valence-electron chi connectivity index (χ4n) is 3.67. The molecular formula is C18H31N5OS2. The molecule has 2 aliphatic rings. The molecule has 26 heavy (non-hydrogen) atoms. The van der Waals surface area contributed by atoms with Gasteiger partial charge in [-0.1, -0.05) is 25.8 Å². The summed E-state index contributed by atoms with van der Waals surface area (Å²) in [5.74, 6) is -0.0641. The number of nitrogens with zero attached hydrogens (tertiary/aromatic N) is 3. The van der Waals surface area contributed by atoms with Gasteiger partial charge in [0.25, 0.3) is 0 Å². The minimum atomic E-state index is -0.504. The van der Waals surface area contributed by atoms with E-state index in [0.717, 1.165) is 37.7 Å². The summed E-state index contributed by atoms with van der Waals surface area (Å²) in [4.78, 5) is 18.3. The van der Waals surface area contributed by atoms with Gasteiger partial charge in [-0.15, -0.1) is 6.58 Å². The SMILES string of the molecule is C=CCN(CCCCC)C(=S)N1CCNC(C)C1(C)N1CC(=O)NC1=S. The molecule has 6 nitrogen and oxygen atoms in total. The van der Waals surface area contributed by atoms with Crippen molar-refractivity contribution in [3.8, 4) is 0 Å². The maximum absolute atomic E-state index is 11.9. The number of rotatable bonds is 7. The van der Waals surface area contributed by atoms with Crippen molar-refractivity contribution in [1.29, 1.82) is 0 Å². The Morgan fingerprint density at radius 2 is 2.23 bits per heavy atom. The maximum Gasteiger partial charge on any atom is 0.245 e. The van der Waals surface area contributed by atoms with Crippen LogP contribution in [0.15, 0.2) is 12.7 Å². The molecule has 146 valence electrons. The van der Waals surface area contributed by atoms with Crippen molar-refractivity contribution >= 4 is 40.6 Å². The highest BCUT2D eigenvalue weighted by atomic mass is 32.1. The number of nitrogens with one attached hydrogen (secondary N) is 2. The van der Waals surface area contributed by atoms with Crippen molar-refractivity contribution < 1.29 is 4.79 Å². The summed E-state index contributed by atoms with van der Waals surface area (Å²) >= 11 is 11.3. The van der Waals surface area contributed by atoms with Gasteiger partial charge in [-0.05, 0) is 44.7 Å². The van der Waals surface area contributed by atoms with Gasteiger partial charge >= 0.3 is 0 Å². The Morgan fingerprint density at radius 3 is 2.81 bits per heavy atom. The van der Waals surface area contributed by atoms with Crippen LogP contribution in [0.3, 0.4) is 0 Å². The van der Waals surface area contributed by atoms with Crippen molar-refractivity contribution in [2.45, 2.75) is 51.7 Å². The van der Waals surface area contributed by atoms with E-state index in [4.69, 9.17) is 24.4 Å². The molecule has 0 aromatic carbocycles. The molecule has 2 unspecified atom stereocenters. The van der Waals surface area contributed by atoms with Crippen molar-refractivity contribution in [2.24, 2.45) is 0 Å². The van der Waals surface area contributed by atoms with Crippen LogP contribution in [-0.4, -0.2) is 75.3 Å². The minimum absolute atomic E-state index is 0.0641. The van der Waals surface area contributed by atoms with E-state index in [1.165, 1.54) is 12.8 Å². The largest absolute Gasteiger partial charge is 0.345 e. The number of hydrogen-bond acceptors (Lipinski definition) is 4. The zero-order valence-electron chi connectivity index (χ0n) is 16.1. The van der Waals surface area contributed by atoms with Gasteiger partial charge in [0.15, 0.2) is 10.2 Å². The summed E-state index contributed by atoms with van der Waals surface area (Å²) in [6, 6.07) is 0.0982. The number of thiocarbonyl (C=S) groups is 2. The maximum atomic E-state index is 11.9. The molecule has 0 aromatic heterocycles. The molecule has 2 heterocycles. The number of unbranched alkanes of at least 4 members (excludes halogenated alkanes) is 2. The number of piperazine rings is 1. The second kappa shape index (κ2) is 9.10. The quantitative estimate of drug-likeness (QED) is 0.385. The lowest BCUT2D eigenvalue weighted by atomic mass is 9.97. The zero-order chi connectivity index (χ0) is 19.3. The van der Waals surface area contributed by atoms with Crippen LogP contribution in [0.25, 0.3) is 0 Å². The first-order valence-electron chi connectivity index (χ1n) is 9.38. The predicted octanol–water partition coefficient (Wildman–Crippen LogP) is 1.68. The van der Waals surface area contributed by atoms with E-state index < -0.39 is 5.66 Å². The first-order chi connectivity index (χ1) is 12.4. The molecule has 0 spiro atoms. The van der Waals surface area contributed by atoms with Crippen LogP contribution in [-0.2, 0) is 4.79 Å². The first-order valence-corrected chi connectivity index (χ1v) is 10.2. The Labute approximate surface area is 168 Å². The summed E-state index contributed by atoms with van der Waals surface area (Å²) < 4.78 is 0. The molecule has 0 saturated carbocycles. The summed E-state index contributed by atoms with van der Waals surface area (Å²) in [7, 11) is 0. The van der Waals surface area contributed by atoms with Crippen molar-refractivity contribution in [3.63, 3.8) is 0 Å². The van der Waals surface area contributed by atoms with Crippen molar-refractivity contribution in [2.75, 3.05) is 32.7 Å². The highest BCUT2D eigenvalue weighted by molar-refractivity contribution is 7.80. The average Bonchev–Trinajstić information content (AvgIpc) is 2.95. The van der Waals surface area contributed by atoms with Crippen LogP contribution < -0.4 is 10.6 Å². The summed E-state index contributed by atoms with van der Waals surface area (Å²) in [6.45, 7) is 13.8. The highest BCUT2D eigenvalue weighted by Crippen LogP contribution is 2.30. The van der Waals surface area contributed by atoms with E-state index in [9.17, 15) is 4.79 Å². The molecule has 2 rings (SSSR count). The van der Waals surface area contributed by atoms with Crippen molar-refractivity contribution in [3.05, 3.63) is 12.7 Å². The van der Waals surface area contributed by atoms with Crippen LogP contribution >= 0.6 is 24.4 Å². The predicted molar refractivity (Wildman–Crippen MR) is 114 cm³/mol. The van der Waals surface area contributed by atoms with Gasteiger partial charge < -0.3 is 25.3 Å². The first kappa shape index (κ1) is 21.1. The molecule has 2 atom stereocenters. The summed E-state index contributed by atoms with van der Waals surface area (Å²) in [6.07, 6.45) is 5.35. The fraction of sp³-hybridized carbons (Fsp3) is 0.722. The number of carbonyl (C=O) groups excluding carboxylic acids is 1. The molecular weight excluding hydrogens is 366 g/mol. The van der Waals surface area contributed by atoms with E-state index in [0.29, 0.717) is 5.11 Å². The van der Waals surface area contributed by atoms with Crippen LogP contribution in [0.1, 0.15) is 40.0 Å². The second-order valence-electron chi connectivity index (χ2n) is 7.09. The van der Waals surface area contributed by atoms with E-state index in [2.05, 4.69) is 47.8 Å². The van der Waals surface area contributed by atoms with Gasteiger partial charge in [-0.3, -0.25) is 4.79 Å².